The van der Waals surface area contributed by atoms with Gasteiger partial charge in [0.05, 0.1) is 10.5 Å². The van der Waals surface area contributed by atoms with E-state index in [0.29, 0.717) is 6.04 Å². The predicted octanol–water partition coefficient (Wildman–Crippen LogP) is 3.77. The van der Waals surface area contributed by atoms with Gasteiger partial charge in [-0.2, -0.15) is 0 Å². The lowest BCUT2D eigenvalue weighted by molar-refractivity contribution is 0.620. The molecule has 0 unspecified atom stereocenters. The average Bonchev–Trinajstić information content (AvgIpc) is 2.67. The summed E-state index contributed by atoms with van der Waals surface area (Å²) in [5, 5.41) is 2.09. The van der Waals surface area contributed by atoms with Gasteiger partial charge in [-0.15, -0.1) is 0 Å². The maximum absolute atomic E-state index is 6.31. The number of hydrogen-bond acceptors (Lipinski definition) is 1. The highest BCUT2D eigenvalue weighted by Gasteiger charge is 2.12. The highest BCUT2D eigenvalue weighted by molar-refractivity contribution is 6.35. The molecule has 0 spiro atoms. The SMILES string of the molecule is CC(C)n1cc(CCCN)c2cccc(Cl)c21. The van der Waals surface area contributed by atoms with E-state index in [-0.39, 0.29) is 0 Å². The van der Waals surface area contributed by atoms with Crippen LogP contribution in [0.1, 0.15) is 31.9 Å². The zero-order valence-electron chi connectivity index (χ0n) is 10.4. The molecule has 2 nitrogen and oxygen atoms in total. The smallest absolute Gasteiger partial charge is 0.0674 e. The standard InChI is InChI=1S/C14H19ClN2/c1-10(2)17-9-11(5-4-8-16)12-6-3-7-13(15)14(12)17/h3,6-7,9-10H,4-5,8,16H2,1-2H3. The van der Waals surface area contributed by atoms with Crippen molar-refractivity contribution in [2.45, 2.75) is 32.7 Å². The summed E-state index contributed by atoms with van der Waals surface area (Å²) in [5.74, 6) is 0. The van der Waals surface area contributed by atoms with Crippen molar-refractivity contribution < 1.29 is 0 Å². The van der Waals surface area contributed by atoms with Gasteiger partial charge in [0.25, 0.3) is 0 Å². The Bertz CT molecular complexity index is 514. The third-order valence-corrected chi connectivity index (χ3v) is 3.40. The van der Waals surface area contributed by atoms with Crippen molar-refractivity contribution in [3.05, 3.63) is 35.0 Å². The normalized spacial score (nSPS) is 11.6. The van der Waals surface area contributed by atoms with Gasteiger partial charge in [-0.05, 0) is 44.9 Å². The monoisotopic (exact) mass is 250 g/mol. The maximum atomic E-state index is 6.31. The molecule has 1 aromatic carbocycles. The molecule has 0 radical (unpaired) electrons. The van der Waals surface area contributed by atoms with E-state index in [2.05, 4.69) is 30.7 Å². The fourth-order valence-corrected chi connectivity index (χ4v) is 2.51. The first kappa shape index (κ1) is 12.5. The number of benzene rings is 1. The van der Waals surface area contributed by atoms with Gasteiger partial charge in [0.15, 0.2) is 0 Å². The molecule has 2 aromatic rings. The highest BCUT2D eigenvalue weighted by Crippen LogP contribution is 2.30. The number of hydrogen-bond donors (Lipinski definition) is 1. The first-order chi connectivity index (χ1) is 8.15. The van der Waals surface area contributed by atoms with Crippen LogP contribution in [0.25, 0.3) is 10.9 Å². The molecule has 0 saturated heterocycles. The lowest BCUT2D eigenvalue weighted by Gasteiger charge is -2.09. The summed E-state index contributed by atoms with van der Waals surface area (Å²) in [6, 6.07) is 6.53. The van der Waals surface area contributed by atoms with Crippen LogP contribution in [0.15, 0.2) is 24.4 Å². The summed E-state index contributed by atoms with van der Waals surface area (Å²) in [6.45, 7) is 5.08. The van der Waals surface area contributed by atoms with E-state index in [1.807, 2.05) is 12.1 Å². The minimum Gasteiger partial charge on any atom is -0.343 e. The average molecular weight is 251 g/mol. The van der Waals surface area contributed by atoms with Crippen LogP contribution >= 0.6 is 11.6 Å². The number of halogens is 1. The van der Waals surface area contributed by atoms with Crippen molar-refractivity contribution in [3.63, 3.8) is 0 Å². The molecule has 0 saturated carbocycles. The molecule has 3 heteroatoms. The molecule has 0 bridgehead atoms. The Hall–Kier alpha value is -0.990. The quantitative estimate of drug-likeness (QED) is 0.880. The molecule has 2 rings (SSSR count). The van der Waals surface area contributed by atoms with Gasteiger partial charge in [-0.1, -0.05) is 23.7 Å². The molecule has 1 heterocycles. The minimum absolute atomic E-state index is 0.420. The van der Waals surface area contributed by atoms with Crippen LogP contribution in [0, 0.1) is 0 Å². The fraction of sp³-hybridized carbons (Fsp3) is 0.429. The van der Waals surface area contributed by atoms with Gasteiger partial charge in [-0.3, -0.25) is 0 Å². The summed E-state index contributed by atoms with van der Waals surface area (Å²) < 4.78 is 2.25. The summed E-state index contributed by atoms with van der Waals surface area (Å²) >= 11 is 6.31. The number of rotatable bonds is 4. The van der Waals surface area contributed by atoms with E-state index in [4.69, 9.17) is 17.3 Å². The minimum atomic E-state index is 0.420. The number of aromatic nitrogens is 1. The molecule has 0 aliphatic rings. The second kappa shape index (κ2) is 5.11. The van der Waals surface area contributed by atoms with Crippen LogP contribution in [-0.2, 0) is 6.42 Å². The van der Waals surface area contributed by atoms with Crippen molar-refractivity contribution >= 4 is 22.5 Å². The molecule has 2 N–H and O–H groups in total. The van der Waals surface area contributed by atoms with Crippen LogP contribution in [0.2, 0.25) is 5.02 Å². The van der Waals surface area contributed by atoms with Crippen LogP contribution in [0.3, 0.4) is 0 Å². The van der Waals surface area contributed by atoms with Gasteiger partial charge < -0.3 is 10.3 Å². The van der Waals surface area contributed by atoms with Gasteiger partial charge in [0.2, 0.25) is 0 Å². The van der Waals surface area contributed by atoms with Crippen LogP contribution in [0.4, 0.5) is 0 Å². The van der Waals surface area contributed by atoms with E-state index in [1.165, 1.54) is 10.9 Å². The van der Waals surface area contributed by atoms with Crippen LogP contribution in [-0.4, -0.2) is 11.1 Å². The Morgan fingerprint density at radius 1 is 1.35 bits per heavy atom. The van der Waals surface area contributed by atoms with Crippen LogP contribution in [0.5, 0.6) is 0 Å². The summed E-state index contributed by atoms with van der Waals surface area (Å²) in [5.41, 5.74) is 8.08. The van der Waals surface area contributed by atoms with Crippen molar-refractivity contribution in [2.24, 2.45) is 5.73 Å². The summed E-state index contributed by atoms with van der Waals surface area (Å²) in [7, 11) is 0. The number of nitrogens with two attached hydrogens (primary N) is 1. The van der Waals surface area contributed by atoms with Gasteiger partial charge in [0.1, 0.15) is 0 Å². The van der Waals surface area contributed by atoms with E-state index < -0.39 is 0 Å². The second-order valence-electron chi connectivity index (χ2n) is 4.68. The molecular weight excluding hydrogens is 232 g/mol. The number of fused-ring (bicyclic) bond motifs is 1. The predicted molar refractivity (Wildman–Crippen MR) is 74.7 cm³/mol. The van der Waals surface area contributed by atoms with Crippen molar-refractivity contribution in [1.82, 2.24) is 4.57 Å². The van der Waals surface area contributed by atoms with Gasteiger partial charge in [-0.25, -0.2) is 0 Å². The summed E-state index contributed by atoms with van der Waals surface area (Å²) in [4.78, 5) is 0. The first-order valence-electron chi connectivity index (χ1n) is 6.13. The topological polar surface area (TPSA) is 30.9 Å². The third kappa shape index (κ3) is 2.33. The molecule has 0 atom stereocenters. The second-order valence-corrected chi connectivity index (χ2v) is 5.09. The van der Waals surface area contributed by atoms with E-state index in [9.17, 15) is 0 Å². The maximum Gasteiger partial charge on any atom is 0.0674 e. The lowest BCUT2D eigenvalue weighted by atomic mass is 10.1. The number of para-hydroxylation sites is 1. The molecule has 0 aliphatic heterocycles. The Morgan fingerprint density at radius 2 is 2.12 bits per heavy atom. The molecule has 0 amide bonds. The third-order valence-electron chi connectivity index (χ3n) is 3.09. The fourth-order valence-electron chi connectivity index (χ4n) is 2.24. The Labute approximate surface area is 107 Å². The van der Waals surface area contributed by atoms with Crippen molar-refractivity contribution in [3.8, 4) is 0 Å². The summed E-state index contributed by atoms with van der Waals surface area (Å²) in [6.07, 6.45) is 4.26. The molecule has 92 valence electrons. The van der Waals surface area contributed by atoms with E-state index >= 15 is 0 Å². The van der Waals surface area contributed by atoms with Gasteiger partial charge >= 0.3 is 0 Å². The zero-order valence-corrected chi connectivity index (χ0v) is 11.2. The highest BCUT2D eigenvalue weighted by atomic mass is 35.5. The molecule has 17 heavy (non-hydrogen) atoms. The van der Waals surface area contributed by atoms with Crippen molar-refractivity contribution in [1.29, 1.82) is 0 Å². The first-order valence-corrected chi connectivity index (χ1v) is 6.51. The van der Waals surface area contributed by atoms with E-state index in [1.54, 1.807) is 0 Å². The Morgan fingerprint density at radius 3 is 2.76 bits per heavy atom. The molecule has 0 fully saturated rings. The Balaban J connectivity index is 2.58. The lowest BCUT2D eigenvalue weighted by Crippen LogP contribution is -2.00. The van der Waals surface area contributed by atoms with Gasteiger partial charge in [0, 0.05) is 17.6 Å². The van der Waals surface area contributed by atoms with Crippen LogP contribution < -0.4 is 5.73 Å². The zero-order chi connectivity index (χ0) is 12.4. The number of aryl methyl sites for hydroxylation is 1. The number of nitrogens with zero attached hydrogens (tertiary/aromatic N) is 1. The Kier molecular flexibility index (Phi) is 3.75. The van der Waals surface area contributed by atoms with Crippen molar-refractivity contribution in [2.75, 3.05) is 6.54 Å². The molecule has 0 aliphatic carbocycles. The largest absolute Gasteiger partial charge is 0.343 e. The molecule has 1 aromatic heterocycles. The molecular formula is C14H19ClN2. The van der Waals surface area contributed by atoms with E-state index in [0.717, 1.165) is 29.9 Å².